The first-order valence-electron chi connectivity index (χ1n) is 21.1. The number of hydrogen-bond acceptors (Lipinski definition) is 7. The monoisotopic (exact) mass is 870 g/mol. The zero-order chi connectivity index (χ0) is 43.9. The van der Waals surface area contributed by atoms with Gasteiger partial charge >= 0.3 is 24.2 Å². The number of alkyl carbamates (subject to hydrolysis) is 1. The van der Waals surface area contributed by atoms with Gasteiger partial charge in [0.15, 0.2) is 0 Å². The SMILES string of the molecule is C.CCC(CCCCCCCCCC(=O)OC(C)(C)C)CCCNC(=O)OC(C)(C)C.CCC(CCCN)CCCCCCCCN.ClCCl.O=C(O)C(F)(F)F. The van der Waals surface area contributed by atoms with E-state index in [0.29, 0.717) is 13.0 Å². The average molecular weight is 871 g/mol. The highest BCUT2D eigenvalue weighted by molar-refractivity contribution is 6.40. The number of carboxylic acids is 1. The number of alkyl halides is 5. The highest BCUT2D eigenvalue weighted by atomic mass is 35.5. The van der Waals surface area contributed by atoms with E-state index in [2.05, 4.69) is 19.2 Å². The molecular formula is C43H88Cl2F3N3O6. The van der Waals surface area contributed by atoms with Crippen molar-refractivity contribution in [3.63, 3.8) is 0 Å². The molecule has 0 saturated carbocycles. The first-order valence-corrected chi connectivity index (χ1v) is 22.2. The molecule has 57 heavy (non-hydrogen) atoms. The zero-order valence-electron chi connectivity index (χ0n) is 36.6. The molecule has 6 N–H and O–H groups in total. The quantitative estimate of drug-likeness (QED) is 0.0361. The topological polar surface area (TPSA) is 154 Å². The van der Waals surface area contributed by atoms with Crippen molar-refractivity contribution in [3.8, 4) is 0 Å². The molecule has 0 aliphatic rings. The Hall–Kier alpha value is -1.50. The Morgan fingerprint density at radius 2 is 0.947 bits per heavy atom. The maximum absolute atomic E-state index is 11.7. The summed E-state index contributed by atoms with van der Waals surface area (Å²) >= 11 is 9.53. The van der Waals surface area contributed by atoms with E-state index in [4.69, 9.17) is 54.0 Å². The number of nitrogens with one attached hydrogen (secondary N) is 1. The van der Waals surface area contributed by atoms with E-state index >= 15 is 0 Å². The summed E-state index contributed by atoms with van der Waals surface area (Å²) in [5.74, 6) is -1.16. The minimum Gasteiger partial charge on any atom is -0.475 e. The second-order valence-electron chi connectivity index (χ2n) is 16.3. The molecule has 0 saturated heterocycles. The molecule has 0 bridgehead atoms. The molecule has 2 unspecified atom stereocenters. The summed E-state index contributed by atoms with van der Waals surface area (Å²) in [6.45, 7) is 18.3. The number of rotatable bonds is 27. The minimum absolute atomic E-state index is 0. The fourth-order valence-corrected chi connectivity index (χ4v) is 5.67. The van der Waals surface area contributed by atoms with Crippen molar-refractivity contribution in [2.75, 3.05) is 25.0 Å². The number of carboxylic acid groups (broad SMARTS) is 1. The van der Waals surface area contributed by atoms with Gasteiger partial charge in [0.05, 0.1) is 5.34 Å². The molecule has 9 nitrogen and oxygen atoms in total. The summed E-state index contributed by atoms with van der Waals surface area (Å²) in [6.07, 6.45) is 21.5. The lowest BCUT2D eigenvalue weighted by molar-refractivity contribution is -0.192. The van der Waals surface area contributed by atoms with Crippen LogP contribution in [0.5, 0.6) is 0 Å². The molecule has 0 radical (unpaired) electrons. The normalized spacial score (nSPS) is 12.2. The van der Waals surface area contributed by atoms with Crippen LogP contribution in [0.15, 0.2) is 0 Å². The maximum atomic E-state index is 11.7. The van der Waals surface area contributed by atoms with Gasteiger partial charge in [-0.2, -0.15) is 13.2 Å². The molecule has 346 valence electrons. The zero-order valence-corrected chi connectivity index (χ0v) is 38.1. The largest absolute Gasteiger partial charge is 0.490 e. The van der Waals surface area contributed by atoms with Crippen LogP contribution in [0.3, 0.4) is 0 Å². The van der Waals surface area contributed by atoms with Gasteiger partial charge in [-0.15, -0.1) is 23.2 Å². The number of carbonyl (C=O) groups is 3. The molecule has 0 aliphatic heterocycles. The molecule has 0 spiro atoms. The third-order valence-electron chi connectivity index (χ3n) is 8.65. The molecule has 0 aromatic carbocycles. The third kappa shape index (κ3) is 58.9. The lowest BCUT2D eigenvalue weighted by Crippen LogP contribution is -2.33. The van der Waals surface area contributed by atoms with Gasteiger partial charge < -0.3 is 31.4 Å². The maximum Gasteiger partial charge on any atom is 0.490 e. The summed E-state index contributed by atoms with van der Waals surface area (Å²) in [6, 6.07) is 0. The Labute approximate surface area is 357 Å². The molecule has 1 amide bonds. The Bertz CT molecular complexity index is 905. The Kier molecular flexibility index (Phi) is 48.3. The molecule has 2 atom stereocenters. The molecule has 14 heteroatoms. The Morgan fingerprint density at radius 3 is 1.30 bits per heavy atom. The van der Waals surface area contributed by atoms with Gasteiger partial charge in [0.1, 0.15) is 11.2 Å². The first-order chi connectivity index (χ1) is 26.1. The minimum atomic E-state index is -5.08. The fraction of sp³-hybridized carbons (Fsp3) is 0.930. The molecule has 0 rings (SSSR count). The van der Waals surface area contributed by atoms with Crippen LogP contribution in [-0.4, -0.2) is 65.5 Å². The standard InChI is InChI=1S/C25H49NO4.C14H32N2.C2HF3O2.CH2Cl2.CH4/c1-8-21(18-16-20-26-23(28)30-25(5,6)7)17-14-12-10-9-11-13-15-19-22(27)29-24(2,3)4;1-2-14(11-9-13-16)10-7-5-3-4-6-8-12-15;3-2(4,5)1(6)7;2-1-3;/h21H,8-20H2,1-7H3,(H,26,28);14H,2-13,15-16H2,1H3;(H,6,7);1H2;1H4. The van der Waals surface area contributed by atoms with E-state index in [1.165, 1.54) is 109 Å². The number of esters is 1. The van der Waals surface area contributed by atoms with Crippen LogP contribution in [0.1, 0.15) is 204 Å². The van der Waals surface area contributed by atoms with E-state index < -0.39 is 17.7 Å². The van der Waals surface area contributed by atoms with Gasteiger partial charge in [-0.25, -0.2) is 9.59 Å². The summed E-state index contributed by atoms with van der Waals surface area (Å²) in [5, 5.41) is 10.2. The van der Waals surface area contributed by atoms with Gasteiger partial charge in [0, 0.05) is 13.0 Å². The van der Waals surface area contributed by atoms with Crippen LogP contribution in [0.25, 0.3) is 0 Å². The van der Waals surface area contributed by atoms with Crippen molar-refractivity contribution in [1.82, 2.24) is 5.32 Å². The van der Waals surface area contributed by atoms with Crippen LogP contribution in [0, 0.1) is 11.8 Å². The molecular weight excluding hydrogens is 782 g/mol. The van der Waals surface area contributed by atoms with Gasteiger partial charge in [-0.3, -0.25) is 4.79 Å². The molecule has 0 aromatic heterocycles. The second kappa shape index (κ2) is 42.6. The number of halogens is 5. The number of ether oxygens (including phenoxy) is 2. The van der Waals surface area contributed by atoms with Crippen molar-refractivity contribution in [2.24, 2.45) is 23.3 Å². The van der Waals surface area contributed by atoms with E-state index in [0.717, 1.165) is 50.6 Å². The van der Waals surface area contributed by atoms with Crippen molar-refractivity contribution in [2.45, 2.75) is 221 Å². The average Bonchev–Trinajstić information content (AvgIpc) is 3.08. The predicted molar refractivity (Wildman–Crippen MR) is 235 cm³/mol. The van der Waals surface area contributed by atoms with Crippen LogP contribution >= 0.6 is 23.2 Å². The van der Waals surface area contributed by atoms with Crippen molar-refractivity contribution >= 4 is 41.2 Å². The van der Waals surface area contributed by atoms with Gasteiger partial charge in [-0.1, -0.05) is 118 Å². The summed E-state index contributed by atoms with van der Waals surface area (Å²) in [7, 11) is 0. The molecule has 0 heterocycles. The van der Waals surface area contributed by atoms with Gasteiger partial charge in [0.25, 0.3) is 0 Å². The van der Waals surface area contributed by atoms with E-state index in [-0.39, 0.29) is 30.4 Å². The number of carbonyl (C=O) groups excluding carboxylic acids is 2. The molecule has 0 aromatic rings. The van der Waals surface area contributed by atoms with Crippen LogP contribution in [-0.2, 0) is 19.1 Å². The summed E-state index contributed by atoms with van der Waals surface area (Å²) < 4.78 is 42.3. The highest BCUT2D eigenvalue weighted by Crippen LogP contribution is 2.21. The van der Waals surface area contributed by atoms with Crippen LogP contribution < -0.4 is 16.8 Å². The fourth-order valence-electron chi connectivity index (χ4n) is 5.67. The summed E-state index contributed by atoms with van der Waals surface area (Å²) in [4.78, 5) is 32.2. The number of amides is 1. The van der Waals surface area contributed by atoms with Gasteiger partial charge in [0.2, 0.25) is 0 Å². The smallest absolute Gasteiger partial charge is 0.475 e. The van der Waals surface area contributed by atoms with Crippen molar-refractivity contribution < 1.29 is 42.1 Å². The van der Waals surface area contributed by atoms with Gasteiger partial charge in [-0.05, 0) is 105 Å². The number of aliphatic carboxylic acids is 1. The highest BCUT2D eigenvalue weighted by Gasteiger charge is 2.38. The van der Waals surface area contributed by atoms with Crippen LogP contribution in [0.4, 0.5) is 18.0 Å². The van der Waals surface area contributed by atoms with E-state index in [9.17, 15) is 22.8 Å². The predicted octanol–water partition coefficient (Wildman–Crippen LogP) is 13.3. The number of hydrogen-bond donors (Lipinski definition) is 4. The second-order valence-corrected chi connectivity index (χ2v) is 17.1. The van der Waals surface area contributed by atoms with E-state index in [1.54, 1.807) is 0 Å². The Morgan fingerprint density at radius 1 is 0.614 bits per heavy atom. The van der Waals surface area contributed by atoms with Crippen molar-refractivity contribution in [1.29, 1.82) is 0 Å². The summed E-state index contributed by atoms with van der Waals surface area (Å²) in [5.41, 5.74) is 10.2. The number of nitrogens with two attached hydrogens (primary N) is 2. The first kappa shape index (κ1) is 64.6. The third-order valence-corrected chi connectivity index (χ3v) is 8.65. The van der Waals surface area contributed by atoms with E-state index in [1.807, 2.05) is 41.5 Å². The number of unbranched alkanes of at least 4 members (excludes halogenated alkanes) is 11. The lowest BCUT2D eigenvalue weighted by atomic mass is 9.93. The Balaban J connectivity index is -0.000000277. The van der Waals surface area contributed by atoms with Crippen molar-refractivity contribution in [3.05, 3.63) is 0 Å². The molecule has 0 aliphatic carbocycles. The molecule has 0 fully saturated rings. The lowest BCUT2D eigenvalue weighted by Gasteiger charge is -2.20. The van der Waals surface area contributed by atoms with Crippen LogP contribution in [0.2, 0.25) is 0 Å².